The number of hydrogen-bond donors (Lipinski definition) is 0. The minimum absolute atomic E-state index is 0.0443. The summed E-state index contributed by atoms with van der Waals surface area (Å²) in [6.07, 6.45) is 2.51. The van der Waals surface area contributed by atoms with Crippen LogP contribution >= 0.6 is 0 Å². The third-order valence-electron chi connectivity index (χ3n) is 4.28. The van der Waals surface area contributed by atoms with Crippen molar-refractivity contribution in [2.75, 3.05) is 6.61 Å². The highest BCUT2D eigenvalue weighted by Gasteiger charge is 2.52. The lowest BCUT2D eigenvalue weighted by atomic mass is 9.77. The summed E-state index contributed by atoms with van der Waals surface area (Å²) in [4.78, 5) is 11.4. The summed E-state index contributed by atoms with van der Waals surface area (Å²) in [6, 6.07) is 2.40. The quantitative estimate of drug-likeness (QED) is 0.481. The van der Waals surface area contributed by atoms with Gasteiger partial charge in [0.15, 0.2) is 11.6 Å². The second-order valence-corrected chi connectivity index (χ2v) is 6.58. The Bertz CT molecular complexity index is 655. The molecule has 1 aliphatic heterocycles. The molecule has 130 valence electrons. The second kappa shape index (κ2) is 6.65. The molecule has 0 aliphatic carbocycles. The van der Waals surface area contributed by atoms with E-state index in [0.29, 0.717) is 5.56 Å². The molecule has 0 amide bonds. The summed E-state index contributed by atoms with van der Waals surface area (Å²) in [5.74, 6) is -2.62. The molecular weight excluding hydrogens is 317 g/mol. The summed E-state index contributed by atoms with van der Waals surface area (Å²) >= 11 is 0. The molecule has 0 N–H and O–H groups in total. The van der Waals surface area contributed by atoms with Crippen LogP contribution in [0.3, 0.4) is 0 Å². The zero-order valence-electron chi connectivity index (χ0n) is 14.5. The SMILES string of the molecule is CCOC(=O)/C=C/c1cc(F)c(F)c(B2OC(C)(C)C(C)(C)O2)c1. The van der Waals surface area contributed by atoms with Crippen molar-refractivity contribution in [3.8, 4) is 0 Å². The smallest absolute Gasteiger partial charge is 0.463 e. The van der Waals surface area contributed by atoms with E-state index in [0.717, 1.165) is 12.1 Å². The van der Waals surface area contributed by atoms with Gasteiger partial charge in [0.1, 0.15) is 0 Å². The third-order valence-corrected chi connectivity index (χ3v) is 4.28. The summed E-state index contributed by atoms with van der Waals surface area (Å²) in [6.45, 7) is 9.22. The van der Waals surface area contributed by atoms with Gasteiger partial charge in [-0.05, 0) is 52.3 Å². The Balaban J connectivity index is 2.33. The fourth-order valence-electron chi connectivity index (χ4n) is 2.22. The molecule has 0 radical (unpaired) electrons. The average Bonchev–Trinajstić information content (AvgIpc) is 2.68. The maximum atomic E-state index is 14.2. The van der Waals surface area contributed by atoms with Crippen molar-refractivity contribution in [3.05, 3.63) is 35.4 Å². The number of benzene rings is 1. The van der Waals surface area contributed by atoms with Crippen LogP contribution in [-0.2, 0) is 18.8 Å². The molecule has 1 aromatic rings. The molecule has 0 aromatic heterocycles. The third kappa shape index (κ3) is 3.67. The van der Waals surface area contributed by atoms with Crippen LogP contribution < -0.4 is 5.46 Å². The van der Waals surface area contributed by atoms with Gasteiger partial charge in [-0.25, -0.2) is 13.6 Å². The molecule has 0 atom stereocenters. The molecule has 0 spiro atoms. The number of carbonyl (C=O) groups is 1. The molecule has 0 unspecified atom stereocenters. The van der Waals surface area contributed by atoms with Crippen molar-refractivity contribution in [3.63, 3.8) is 0 Å². The van der Waals surface area contributed by atoms with E-state index < -0.39 is 35.9 Å². The van der Waals surface area contributed by atoms with Gasteiger partial charge >= 0.3 is 13.1 Å². The van der Waals surface area contributed by atoms with Crippen molar-refractivity contribution in [1.82, 2.24) is 0 Å². The van der Waals surface area contributed by atoms with Gasteiger partial charge in [-0.15, -0.1) is 0 Å². The van der Waals surface area contributed by atoms with Crippen LogP contribution in [0.2, 0.25) is 0 Å². The van der Waals surface area contributed by atoms with E-state index >= 15 is 0 Å². The van der Waals surface area contributed by atoms with Crippen molar-refractivity contribution in [2.24, 2.45) is 0 Å². The Morgan fingerprint density at radius 3 is 2.33 bits per heavy atom. The summed E-state index contributed by atoms with van der Waals surface area (Å²) < 4.78 is 44.4. The molecule has 2 rings (SSSR count). The molecule has 1 fully saturated rings. The first-order valence-electron chi connectivity index (χ1n) is 7.77. The average molecular weight is 338 g/mol. The van der Waals surface area contributed by atoms with Gasteiger partial charge in [0.05, 0.1) is 17.8 Å². The van der Waals surface area contributed by atoms with E-state index in [2.05, 4.69) is 0 Å². The van der Waals surface area contributed by atoms with Crippen LogP contribution in [0.25, 0.3) is 6.08 Å². The Hall–Kier alpha value is -1.73. The van der Waals surface area contributed by atoms with Crippen LogP contribution in [0, 0.1) is 11.6 Å². The zero-order chi connectivity index (χ0) is 18.1. The van der Waals surface area contributed by atoms with E-state index in [1.807, 2.05) is 27.7 Å². The van der Waals surface area contributed by atoms with Gasteiger partial charge in [-0.1, -0.05) is 6.07 Å². The molecule has 0 saturated carbocycles. The van der Waals surface area contributed by atoms with Gasteiger partial charge in [-0.3, -0.25) is 0 Å². The minimum atomic E-state index is -1.04. The highest BCUT2D eigenvalue weighted by molar-refractivity contribution is 6.62. The molecule has 4 nitrogen and oxygen atoms in total. The first-order valence-corrected chi connectivity index (χ1v) is 7.77. The Morgan fingerprint density at radius 2 is 1.79 bits per heavy atom. The first-order chi connectivity index (χ1) is 11.1. The van der Waals surface area contributed by atoms with E-state index in [4.69, 9.17) is 14.0 Å². The van der Waals surface area contributed by atoms with Gasteiger partial charge in [0, 0.05) is 11.5 Å². The molecule has 0 bridgehead atoms. The van der Waals surface area contributed by atoms with E-state index in [-0.39, 0.29) is 12.1 Å². The van der Waals surface area contributed by atoms with Crippen LogP contribution in [0.15, 0.2) is 18.2 Å². The van der Waals surface area contributed by atoms with Crippen LogP contribution in [0.5, 0.6) is 0 Å². The van der Waals surface area contributed by atoms with Crippen LogP contribution in [0.4, 0.5) is 8.78 Å². The summed E-state index contributed by atoms with van der Waals surface area (Å²) in [5, 5.41) is 0. The normalized spacial score (nSPS) is 19.0. The van der Waals surface area contributed by atoms with Crippen molar-refractivity contribution in [2.45, 2.75) is 45.8 Å². The molecule has 1 aromatic carbocycles. The standard InChI is InChI=1S/C17H21BF2O4/c1-6-22-14(21)8-7-11-9-12(15(20)13(19)10-11)18-23-16(2,3)17(4,5)24-18/h7-10H,6H2,1-5H3/b8-7+. The number of carbonyl (C=O) groups excluding carboxylic acids is 1. The predicted molar refractivity (Wildman–Crippen MR) is 87.7 cm³/mol. The van der Waals surface area contributed by atoms with Gasteiger partial charge in [0.25, 0.3) is 0 Å². The lowest BCUT2D eigenvalue weighted by molar-refractivity contribution is -0.137. The maximum Gasteiger partial charge on any atom is 0.497 e. The monoisotopic (exact) mass is 338 g/mol. The first kappa shape index (κ1) is 18.6. The predicted octanol–water partition coefficient (Wildman–Crippen LogP) is 2.84. The van der Waals surface area contributed by atoms with E-state index in [1.54, 1.807) is 6.92 Å². The van der Waals surface area contributed by atoms with E-state index in [9.17, 15) is 13.6 Å². The second-order valence-electron chi connectivity index (χ2n) is 6.58. The summed E-state index contributed by atoms with van der Waals surface area (Å²) in [5.41, 5.74) is -1.07. The fraction of sp³-hybridized carbons (Fsp3) is 0.471. The van der Waals surface area contributed by atoms with Crippen molar-refractivity contribution >= 4 is 24.6 Å². The fourth-order valence-corrected chi connectivity index (χ4v) is 2.22. The molecule has 1 aliphatic rings. The number of esters is 1. The maximum absolute atomic E-state index is 14.2. The number of rotatable bonds is 4. The van der Waals surface area contributed by atoms with Gasteiger partial charge in [0.2, 0.25) is 0 Å². The van der Waals surface area contributed by atoms with E-state index in [1.165, 1.54) is 12.1 Å². The lowest BCUT2D eigenvalue weighted by Gasteiger charge is -2.32. The molecule has 1 heterocycles. The van der Waals surface area contributed by atoms with Crippen molar-refractivity contribution < 1.29 is 27.6 Å². The van der Waals surface area contributed by atoms with Crippen LogP contribution in [-0.4, -0.2) is 30.9 Å². The minimum Gasteiger partial charge on any atom is -0.463 e. The number of hydrogen-bond acceptors (Lipinski definition) is 4. The summed E-state index contributed by atoms with van der Waals surface area (Å²) in [7, 11) is -1.03. The lowest BCUT2D eigenvalue weighted by Crippen LogP contribution is -2.41. The zero-order valence-corrected chi connectivity index (χ0v) is 14.5. The van der Waals surface area contributed by atoms with Crippen LogP contribution in [0.1, 0.15) is 40.2 Å². The van der Waals surface area contributed by atoms with Gasteiger partial charge in [-0.2, -0.15) is 0 Å². The number of ether oxygens (including phenoxy) is 1. The number of halogens is 2. The highest BCUT2D eigenvalue weighted by Crippen LogP contribution is 2.36. The molecule has 7 heteroatoms. The Morgan fingerprint density at radius 1 is 1.21 bits per heavy atom. The Kier molecular flexibility index (Phi) is 5.15. The molecule has 1 saturated heterocycles. The Labute approximate surface area is 140 Å². The largest absolute Gasteiger partial charge is 0.497 e. The molecule has 24 heavy (non-hydrogen) atoms. The highest BCUT2D eigenvalue weighted by atomic mass is 19.2. The molecular formula is C17H21BF2O4. The topological polar surface area (TPSA) is 44.8 Å². The van der Waals surface area contributed by atoms with Gasteiger partial charge < -0.3 is 14.0 Å². The van der Waals surface area contributed by atoms with Crippen molar-refractivity contribution in [1.29, 1.82) is 0 Å².